The minimum Gasteiger partial charge on any atom is -0.323 e. The first kappa shape index (κ1) is 30.7. The summed E-state index contributed by atoms with van der Waals surface area (Å²) < 4.78 is 119. The lowest BCUT2D eigenvalue weighted by atomic mass is 9.92. The minimum atomic E-state index is -5.03. The van der Waals surface area contributed by atoms with E-state index >= 15 is 0 Å². The third kappa shape index (κ3) is 6.85. The van der Waals surface area contributed by atoms with E-state index in [-0.39, 0.29) is 31.0 Å². The summed E-state index contributed by atoms with van der Waals surface area (Å²) in [5, 5.41) is -1.47. The topological polar surface area (TPSA) is 57.7 Å². The highest BCUT2D eigenvalue weighted by atomic mass is 32.2. The van der Waals surface area contributed by atoms with E-state index in [9.17, 15) is 43.9 Å². The lowest BCUT2D eigenvalue weighted by molar-refractivity contribution is -0.143. The predicted molar refractivity (Wildman–Crippen MR) is 131 cm³/mol. The number of nitrogens with zero attached hydrogens (tertiary/aromatic N) is 2. The summed E-state index contributed by atoms with van der Waals surface area (Å²) in [4.78, 5) is 15.8. The summed E-state index contributed by atoms with van der Waals surface area (Å²) in [5.74, 6) is -0.529. The van der Waals surface area contributed by atoms with Crippen molar-refractivity contribution in [3.63, 3.8) is 0 Å². The Hall–Kier alpha value is -2.83. The number of aryl methyl sites for hydroxylation is 1. The van der Waals surface area contributed by atoms with Crippen LogP contribution in [0.15, 0.2) is 36.4 Å². The van der Waals surface area contributed by atoms with Crippen molar-refractivity contribution in [3.05, 3.63) is 70.0 Å². The van der Waals surface area contributed by atoms with Crippen LogP contribution in [0.25, 0.3) is 0 Å². The smallest absolute Gasteiger partial charge is 0.323 e. The van der Waals surface area contributed by atoms with E-state index in [2.05, 4.69) is 0 Å². The van der Waals surface area contributed by atoms with E-state index in [1.807, 2.05) is 0 Å². The summed E-state index contributed by atoms with van der Waals surface area (Å²) >= 11 is 0. The molecule has 0 bridgehead atoms. The van der Waals surface area contributed by atoms with Crippen LogP contribution in [0.3, 0.4) is 0 Å². The average molecular weight is 583 g/mol. The van der Waals surface area contributed by atoms with Crippen molar-refractivity contribution in [2.75, 3.05) is 13.6 Å². The lowest BCUT2D eigenvalue weighted by Gasteiger charge is -2.42. The third-order valence-corrected chi connectivity index (χ3v) is 9.58. The highest BCUT2D eigenvalue weighted by Crippen LogP contribution is 2.39. The van der Waals surface area contributed by atoms with Crippen LogP contribution < -0.4 is 0 Å². The van der Waals surface area contributed by atoms with Gasteiger partial charge in [0.15, 0.2) is 9.84 Å². The SMILES string of the molecule is Cc1cc(F)ccc1[C@H]1C[C@@H](S(=O)(=O)C(C)C)CCN1C(=O)N(C)Cc1cc(C(F)(F)F)cc(C(F)(F)F)c1. The third-order valence-electron chi connectivity index (χ3n) is 6.91. The van der Waals surface area contributed by atoms with Gasteiger partial charge in [0.1, 0.15) is 5.82 Å². The van der Waals surface area contributed by atoms with Gasteiger partial charge in [0.25, 0.3) is 0 Å². The largest absolute Gasteiger partial charge is 0.416 e. The maximum absolute atomic E-state index is 13.8. The van der Waals surface area contributed by atoms with Gasteiger partial charge in [-0.15, -0.1) is 0 Å². The van der Waals surface area contributed by atoms with Gasteiger partial charge in [0.05, 0.1) is 27.7 Å². The molecule has 0 radical (unpaired) electrons. The molecule has 2 aromatic rings. The van der Waals surface area contributed by atoms with Crippen molar-refractivity contribution >= 4 is 15.9 Å². The van der Waals surface area contributed by atoms with E-state index < -0.39 is 68.3 Å². The molecule has 3 rings (SSSR count). The van der Waals surface area contributed by atoms with Crippen molar-refractivity contribution < 1.29 is 43.9 Å². The van der Waals surface area contributed by atoms with Crippen molar-refractivity contribution in [1.29, 1.82) is 0 Å². The van der Waals surface area contributed by atoms with E-state index in [4.69, 9.17) is 0 Å². The van der Waals surface area contributed by atoms with Gasteiger partial charge < -0.3 is 9.80 Å². The zero-order valence-corrected chi connectivity index (χ0v) is 22.5. The number of amides is 2. The zero-order valence-electron chi connectivity index (χ0n) is 21.7. The number of likely N-dealkylation sites (tertiary alicyclic amines) is 1. The standard InChI is InChI=1S/C26H29F7N2O3S/c1-15(2)39(37,38)21-7-8-35(23(13-21)22-6-5-20(27)9-16(22)3)24(36)34(4)14-17-10-18(25(28,29)30)12-19(11-17)26(31,32)33/h5-6,9-12,15,21,23H,7-8,13-14H2,1-4H3/t21-,23+/m0/s1. The lowest BCUT2D eigenvalue weighted by Crippen LogP contribution is -2.49. The monoisotopic (exact) mass is 582 g/mol. The molecule has 0 N–H and O–H groups in total. The number of carbonyl (C=O) groups excluding carboxylic acids is 1. The van der Waals surface area contributed by atoms with Gasteiger partial charge in [-0.1, -0.05) is 6.07 Å². The molecule has 39 heavy (non-hydrogen) atoms. The van der Waals surface area contributed by atoms with E-state index in [0.29, 0.717) is 23.3 Å². The average Bonchev–Trinajstić information content (AvgIpc) is 2.81. The van der Waals surface area contributed by atoms with Crippen molar-refractivity contribution in [2.24, 2.45) is 0 Å². The molecular weight excluding hydrogens is 553 g/mol. The quantitative estimate of drug-likeness (QED) is 0.367. The van der Waals surface area contributed by atoms with Gasteiger partial charge >= 0.3 is 18.4 Å². The van der Waals surface area contributed by atoms with Crippen LogP contribution in [0, 0.1) is 12.7 Å². The molecule has 1 aliphatic heterocycles. The maximum atomic E-state index is 13.8. The van der Waals surface area contributed by atoms with Crippen LogP contribution in [-0.4, -0.2) is 48.3 Å². The van der Waals surface area contributed by atoms with Gasteiger partial charge in [-0.3, -0.25) is 0 Å². The first-order valence-corrected chi connectivity index (χ1v) is 13.7. The first-order chi connectivity index (χ1) is 17.8. The number of urea groups is 1. The van der Waals surface area contributed by atoms with Crippen LogP contribution in [0.5, 0.6) is 0 Å². The number of hydrogen-bond acceptors (Lipinski definition) is 3. The second-order valence-electron chi connectivity index (χ2n) is 10.0. The summed E-state index contributed by atoms with van der Waals surface area (Å²) in [5.41, 5.74) is -2.39. The number of sulfone groups is 1. The number of piperidine rings is 1. The Kier molecular flexibility index (Phi) is 8.64. The highest BCUT2D eigenvalue weighted by Gasteiger charge is 2.41. The van der Waals surface area contributed by atoms with E-state index in [1.54, 1.807) is 20.8 Å². The summed E-state index contributed by atoms with van der Waals surface area (Å²) in [6.07, 6.45) is -9.96. The molecule has 0 aromatic heterocycles. The summed E-state index contributed by atoms with van der Waals surface area (Å²) in [7, 11) is -2.32. The van der Waals surface area contributed by atoms with E-state index in [1.165, 1.54) is 30.1 Å². The normalized spacial score (nSPS) is 18.9. The fourth-order valence-corrected chi connectivity index (χ4v) is 6.48. The van der Waals surface area contributed by atoms with Crippen LogP contribution >= 0.6 is 0 Å². The molecule has 2 atom stereocenters. The molecular formula is C26H29F7N2O3S. The number of rotatable bonds is 5. The van der Waals surface area contributed by atoms with Crippen molar-refractivity contribution in [1.82, 2.24) is 9.80 Å². The van der Waals surface area contributed by atoms with Gasteiger partial charge in [-0.05, 0) is 80.6 Å². The number of carbonyl (C=O) groups is 1. The Morgan fingerprint density at radius 3 is 2.08 bits per heavy atom. The molecule has 2 aromatic carbocycles. The molecule has 1 fully saturated rings. The van der Waals surface area contributed by atoms with Crippen LogP contribution in [-0.2, 0) is 28.7 Å². The number of benzene rings is 2. The fourth-order valence-electron chi connectivity index (χ4n) is 4.82. The molecule has 0 aliphatic carbocycles. The highest BCUT2D eigenvalue weighted by molar-refractivity contribution is 7.92. The summed E-state index contributed by atoms with van der Waals surface area (Å²) in [6, 6.07) is 3.47. The van der Waals surface area contributed by atoms with Crippen LogP contribution in [0.1, 0.15) is 60.5 Å². The Morgan fingerprint density at radius 1 is 1.03 bits per heavy atom. The molecule has 1 saturated heterocycles. The number of hydrogen-bond donors (Lipinski definition) is 0. The fraction of sp³-hybridized carbons (Fsp3) is 0.500. The van der Waals surface area contributed by atoms with Crippen molar-refractivity contribution in [2.45, 2.75) is 69.1 Å². The van der Waals surface area contributed by atoms with Gasteiger partial charge in [-0.2, -0.15) is 26.3 Å². The Labute approximate surface area is 222 Å². The van der Waals surface area contributed by atoms with Crippen LogP contribution in [0.2, 0.25) is 0 Å². The van der Waals surface area contributed by atoms with Gasteiger partial charge in [0, 0.05) is 20.1 Å². The predicted octanol–water partition coefficient (Wildman–Crippen LogP) is 6.75. The van der Waals surface area contributed by atoms with Crippen molar-refractivity contribution in [3.8, 4) is 0 Å². The molecule has 1 heterocycles. The second kappa shape index (κ2) is 11.0. The molecule has 216 valence electrons. The first-order valence-electron chi connectivity index (χ1n) is 12.1. The minimum absolute atomic E-state index is 0.00828. The molecule has 13 heteroatoms. The van der Waals surface area contributed by atoms with Gasteiger partial charge in [-0.25, -0.2) is 17.6 Å². The number of halogens is 7. The Morgan fingerprint density at radius 2 is 1.59 bits per heavy atom. The molecule has 1 aliphatic rings. The molecule has 0 unspecified atom stereocenters. The molecule has 5 nitrogen and oxygen atoms in total. The number of alkyl halides is 6. The zero-order chi connectivity index (χ0) is 29.5. The Bertz CT molecular complexity index is 1290. The summed E-state index contributed by atoms with van der Waals surface area (Å²) in [6.45, 7) is 4.10. The van der Waals surface area contributed by atoms with Gasteiger partial charge in [0.2, 0.25) is 0 Å². The molecule has 2 amide bonds. The van der Waals surface area contributed by atoms with Crippen LogP contribution in [0.4, 0.5) is 35.5 Å². The second-order valence-corrected chi connectivity index (χ2v) is 12.8. The molecule has 0 spiro atoms. The molecule has 0 saturated carbocycles. The van der Waals surface area contributed by atoms with E-state index in [0.717, 1.165) is 4.90 Å². The maximum Gasteiger partial charge on any atom is 0.416 e. The Balaban J connectivity index is 1.96.